The number of ether oxygens (including phenoxy) is 4. The molecule has 3 heterocycles. The van der Waals surface area contributed by atoms with E-state index in [2.05, 4.69) is 30.9 Å². The lowest BCUT2D eigenvalue weighted by atomic mass is 10.1. The van der Waals surface area contributed by atoms with Crippen molar-refractivity contribution in [1.29, 1.82) is 0 Å². The summed E-state index contributed by atoms with van der Waals surface area (Å²) in [5.41, 5.74) is 6.57. The molecule has 0 radical (unpaired) electrons. The average molecular weight is 598 g/mol. The van der Waals surface area contributed by atoms with E-state index in [0.29, 0.717) is 15.0 Å². The third-order valence-corrected chi connectivity index (χ3v) is 5.13. The number of hydrogen-bond acceptors (Lipinski definition) is 11. The van der Waals surface area contributed by atoms with Gasteiger partial charge in [-0.1, -0.05) is 0 Å². The molecule has 1 aliphatic rings. The summed E-state index contributed by atoms with van der Waals surface area (Å²) >= 11 is 5.24. The normalized spacial score (nSPS) is 23.4. The number of nitrogens with two attached hydrogens (primary N) is 1. The molecule has 0 saturated carbocycles. The van der Waals surface area contributed by atoms with Gasteiger partial charge in [0.1, 0.15) is 12.7 Å². The lowest BCUT2D eigenvalue weighted by Gasteiger charge is -2.24. The molecule has 1 fully saturated rings. The van der Waals surface area contributed by atoms with Crippen molar-refractivity contribution in [2.45, 2.75) is 45.3 Å². The second-order valence-electron chi connectivity index (χ2n) is 6.32. The number of hydrogen-bond donors (Lipinski definition) is 1. The van der Waals surface area contributed by atoms with Crippen LogP contribution in [0.15, 0.2) is 4.73 Å². The predicted octanol–water partition coefficient (Wildman–Crippen LogP) is 1.10. The van der Waals surface area contributed by atoms with E-state index in [0.717, 1.165) is 0 Å². The molecule has 12 nitrogen and oxygen atoms in total. The van der Waals surface area contributed by atoms with Gasteiger partial charge in [0.25, 0.3) is 0 Å². The topological polar surface area (TPSA) is 158 Å². The number of halogens is 2. The molecule has 162 valence electrons. The van der Waals surface area contributed by atoms with Gasteiger partial charge in [-0.2, -0.15) is 0 Å². The number of nitrogen functional groups attached to an aromatic ring is 1. The molecular formula is C16H17BrIN5O7. The number of fused-ring (bicyclic) bond motifs is 1. The van der Waals surface area contributed by atoms with Gasteiger partial charge in [-0.25, -0.2) is 15.0 Å². The van der Waals surface area contributed by atoms with Crippen molar-refractivity contribution < 1.29 is 33.3 Å². The summed E-state index contributed by atoms with van der Waals surface area (Å²) in [5, 5.41) is 0. The van der Waals surface area contributed by atoms with Crippen molar-refractivity contribution in [3.8, 4) is 0 Å². The third kappa shape index (κ3) is 4.64. The van der Waals surface area contributed by atoms with Crippen molar-refractivity contribution >= 4 is 73.4 Å². The Morgan fingerprint density at radius 2 is 1.73 bits per heavy atom. The van der Waals surface area contributed by atoms with Gasteiger partial charge >= 0.3 is 17.9 Å². The van der Waals surface area contributed by atoms with Gasteiger partial charge in [-0.15, -0.1) is 0 Å². The number of rotatable bonds is 5. The van der Waals surface area contributed by atoms with E-state index in [1.807, 2.05) is 22.6 Å². The van der Waals surface area contributed by atoms with Crippen LogP contribution in [0.25, 0.3) is 11.2 Å². The Labute approximate surface area is 192 Å². The molecule has 3 rings (SSSR count). The fourth-order valence-electron chi connectivity index (χ4n) is 3.07. The van der Waals surface area contributed by atoms with E-state index < -0.39 is 42.4 Å². The van der Waals surface area contributed by atoms with Crippen molar-refractivity contribution in [3.05, 3.63) is 8.56 Å². The van der Waals surface area contributed by atoms with Gasteiger partial charge in [-0.3, -0.25) is 19.0 Å². The van der Waals surface area contributed by atoms with Gasteiger partial charge < -0.3 is 24.7 Å². The quantitative estimate of drug-likeness (QED) is 0.173. The van der Waals surface area contributed by atoms with E-state index >= 15 is 0 Å². The Kier molecular flexibility index (Phi) is 6.76. The van der Waals surface area contributed by atoms with E-state index in [1.54, 1.807) is 0 Å². The van der Waals surface area contributed by atoms with Crippen LogP contribution in [0.1, 0.15) is 27.0 Å². The van der Waals surface area contributed by atoms with Gasteiger partial charge in [-0.05, 0) is 15.9 Å². The van der Waals surface area contributed by atoms with Crippen LogP contribution in [0.3, 0.4) is 0 Å². The van der Waals surface area contributed by atoms with Crippen LogP contribution in [0.4, 0.5) is 5.82 Å². The lowest BCUT2D eigenvalue weighted by molar-refractivity contribution is -0.166. The molecule has 14 heteroatoms. The second kappa shape index (κ2) is 8.97. The van der Waals surface area contributed by atoms with Crippen LogP contribution in [0.5, 0.6) is 0 Å². The molecule has 0 spiro atoms. The zero-order valence-electron chi connectivity index (χ0n) is 16.0. The monoisotopic (exact) mass is 597 g/mol. The van der Waals surface area contributed by atoms with Gasteiger partial charge in [0, 0.05) is 43.4 Å². The Hall–Kier alpha value is -2.07. The molecule has 1 aliphatic heterocycles. The second-order valence-corrected chi connectivity index (χ2v) is 7.99. The highest BCUT2D eigenvalue weighted by atomic mass is 127. The molecule has 2 aromatic heterocycles. The summed E-state index contributed by atoms with van der Waals surface area (Å²) in [5.74, 6) is -1.64. The van der Waals surface area contributed by atoms with Crippen molar-refractivity contribution in [3.63, 3.8) is 0 Å². The molecular weight excluding hydrogens is 581 g/mol. The standard InChI is InChI=1S/C16H17BrIN5O7/c1-5(24)27-4-8-10(28-6(2)25)11(29-7(3)26)14(30-8)23-13-9(20-15(23)17)12(19)21-16(18)22-13/h8,10-11,14H,4H2,1-3H3,(H2,19,21,22)/t8-,10-,11-,14-/m1/s1. The lowest BCUT2D eigenvalue weighted by Crippen LogP contribution is -2.40. The number of carbonyl (C=O) groups excluding carboxylic acids is 3. The van der Waals surface area contributed by atoms with E-state index in [9.17, 15) is 14.4 Å². The van der Waals surface area contributed by atoms with Crippen LogP contribution < -0.4 is 5.73 Å². The third-order valence-electron chi connectivity index (χ3n) is 4.09. The number of imidazole rings is 1. The number of nitrogens with zero attached hydrogens (tertiary/aromatic N) is 4. The maximum absolute atomic E-state index is 11.8. The highest BCUT2D eigenvalue weighted by molar-refractivity contribution is 14.1. The first-order valence-corrected chi connectivity index (χ1v) is 10.4. The number of carbonyl (C=O) groups is 3. The molecule has 2 aromatic rings. The Balaban J connectivity index is 2.10. The van der Waals surface area contributed by atoms with Crippen LogP contribution in [0.2, 0.25) is 0 Å². The van der Waals surface area contributed by atoms with Crippen LogP contribution in [-0.4, -0.2) is 62.3 Å². The smallest absolute Gasteiger partial charge is 0.303 e. The summed E-state index contributed by atoms with van der Waals surface area (Å²) in [6.45, 7) is 3.43. The highest BCUT2D eigenvalue weighted by Crippen LogP contribution is 2.38. The number of esters is 3. The largest absolute Gasteiger partial charge is 0.463 e. The maximum Gasteiger partial charge on any atom is 0.303 e. The SMILES string of the molecule is CC(=O)OC[C@H]1O[C@@H](n2c(Br)nc3c(N)nc(I)nc32)[C@H](OC(C)=O)[C@@H]1OC(C)=O. The maximum atomic E-state index is 11.8. The fourth-order valence-corrected chi connectivity index (χ4v) is 4.10. The summed E-state index contributed by atoms with van der Waals surface area (Å²) < 4.78 is 24.0. The Bertz CT molecular complexity index is 1020. The highest BCUT2D eigenvalue weighted by Gasteiger charge is 2.51. The Morgan fingerprint density at radius 1 is 1.10 bits per heavy atom. The van der Waals surface area contributed by atoms with Gasteiger partial charge in [0.15, 0.2) is 44.0 Å². The molecule has 4 atom stereocenters. The Morgan fingerprint density at radius 3 is 2.33 bits per heavy atom. The first kappa shape index (κ1) is 22.6. The average Bonchev–Trinajstić information content (AvgIpc) is 3.10. The molecule has 2 N–H and O–H groups in total. The summed E-state index contributed by atoms with van der Waals surface area (Å²) in [6.07, 6.45) is -4.04. The number of anilines is 1. The zero-order valence-corrected chi connectivity index (χ0v) is 19.7. The van der Waals surface area contributed by atoms with Crippen molar-refractivity contribution in [1.82, 2.24) is 19.5 Å². The van der Waals surface area contributed by atoms with E-state index in [-0.39, 0.29) is 17.2 Å². The van der Waals surface area contributed by atoms with Crippen LogP contribution >= 0.6 is 38.5 Å². The van der Waals surface area contributed by atoms with Crippen LogP contribution in [-0.2, 0) is 33.3 Å². The van der Waals surface area contributed by atoms with E-state index in [4.69, 9.17) is 24.7 Å². The minimum Gasteiger partial charge on any atom is -0.463 e. The first-order chi connectivity index (χ1) is 14.1. The van der Waals surface area contributed by atoms with Gasteiger partial charge in [0.2, 0.25) is 0 Å². The molecule has 1 saturated heterocycles. The summed E-state index contributed by atoms with van der Waals surface area (Å²) in [6, 6.07) is 0. The van der Waals surface area contributed by atoms with E-state index in [1.165, 1.54) is 25.3 Å². The van der Waals surface area contributed by atoms with Gasteiger partial charge in [0.05, 0.1) is 0 Å². The molecule has 0 aliphatic carbocycles. The molecule has 0 amide bonds. The fraction of sp³-hybridized carbons (Fsp3) is 0.500. The predicted molar refractivity (Wildman–Crippen MR) is 112 cm³/mol. The first-order valence-electron chi connectivity index (χ1n) is 8.58. The van der Waals surface area contributed by atoms with Crippen LogP contribution in [0, 0.1) is 3.83 Å². The molecule has 0 aromatic carbocycles. The summed E-state index contributed by atoms with van der Waals surface area (Å²) in [7, 11) is 0. The molecule has 0 unspecified atom stereocenters. The minimum absolute atomic E-state index is 0.152. The van der Waals surface area contributed by atoms with Crippen molar-refractivity contribution in [2.75, 3.05) is 12.3 Å². The van der Waals surface area contributed by atoms with Crippen molar-refractivity contribution in [2.24, 2.45) is 0 Å². The number of aromatic nitrogens is 4. The summed E-state index contributed by atoms with van der Waals surface area (Å²) in [4.78, 5) is 47.5. The zero-order chi connectivity index (χ0) is 22.2. The minimum atomic E-state index is -1.07. The molecule has 30 heavy (non-hydrogen) atoms. The molecule has 0 bridgehead atoms.